The van der Waals surface area contributed by atoms with Crippen LogP contribution < -0.4 is 5.56 Å². The van der Waals surface area contributed by atoms with Gasteiger partial charge < -0.3 is 10.1 Å². The number of hydrogen-bond acceptors (Lipinski definition) is 2. The van der Waals surface area contributed by atoms with Crippen molar-refractivity contribution in [3.05, 3.63) is 80.5 Å². The predicted octanol–water partition coefficient (Wildman–Crippen LogP) is 5.22. The van der Waals surface area contributed by atoms with Gasteiger partial charge in [0, 0.05) is 12.3 Å². The molecule has 7 heteroatoms. The minimum absolute atomic E-state index is 0.0721. The Hall–Kier alpha value is -2.31. The van der Waals surface area contributed by atoms with E-state index < -0.39 is 29.1 Å². The molecule has 0 spiro atoms. The molecule has 0 aliphatic heterocycles. The van der Waals surface area contributed by atoms with Crippen LogP contribution in [0.4, 0.5) is 13.2 Å². The van der Waals surface area contributed by atoms with Gasteiger partial charge in [0.25, 0.3) is 5.56 Å². The Morgan fingerprint density at radius 1 is 1.11 bits per heavy atom. The number of hydrogen-bond donors (Lipinski definition) is 2. The lowest BCUT2D eigenvalue weighted by Gasteiger charge is -2.17. The summed E-state index contributed by atoms with van der Waals surface area (Å²) in [5, 5.41) is 10.3. The van der Waals surface area contributed by atoms with Crippen molar-refractivity contribution in [2.75, 3.05) is 0 Å². The van der Waals surface area contributed by atoms with Gasteiger partial charge in [-0.2, -0.15) is 0 Å². The number of aromatic amines is 1. The van der Waals surface area contributed by atoms with Crippen LogP contribution in [0.5, 0.6) is 0 Å². The third kappa shape index (κ3) is 4.01. The SMILES string of the molecule is CC(CCC(O)c1ccc(F)c(Cl)c1)c1c[nH]c(=O)c2c(F)cc(F)cc12. The summed E-state index contributed by atoms with van der Waals surface area (Å²) in [6.07, 6.45) is 1.36. The van der Waals surface area contributed by atoms with E-state index in [-0.39, 0.29) is 21.7 Å². The molecule has 3 nitrogen and oxygen atoms in total. The number of rotatable bonds is 5. The normalized spacial score (nSPS) is 13.7. The molecule has 1 heterocycles. The van der Waals surface area contributed by atoms with E-state index in [1.54, 1.807) is 0 Å². The van der Waals surface area contributed by atoms with Gasteiger partial charge >= 0.3 is 0 Å². The highest BCUT2D eigenvalue weighted by Gasteiger charge is 2.18. The van der Waals surface area contributed by atoms with Gasteiger partial charge in [0.1, 0.15) is 17.5 Å². The van der Waals surface area contributed by atoms with Crippen molar-refractivity contribution >= 4 is 22.4 Å². The standard InChI is InChI=1S/C20H17ClF3NO2/c1-10(2-5-18(26)11-3-4-16(23)15(21)6-11)14-9-25-20(27)19-13(14)7-12(22)8-17(19)24/h3-4,6-10,18,26H,2,5H2,1H3,(H,25,27). The van der Waals surface area contributed by atoms with Gasteiger partial charge in [0.05, 0.1) is 16.5 Å². The third-order valence-corrected chi connectivity index (χ3v) is 4.97. The fourth-order valence-corrected chi connectivity index (χ4v) is 3.37. The zero-order valence-corrected chi connectivity index (χ0v) is 15.2. The molecule has 27 heavy (non-hydrogen) atoms. The number of fused-ring (bicyclic) bond motifs is 1. The van der Waals surface area contributed by atoms with E-state index in [4.69, 9.17) is 11.6 Å². The second-order valence-electron chi connectivity index (χ2n) is 6.55. The van der Waals surface area contributed by atoms with Crippen molar-refractivity contribution in [2.24, 2.45) is 0 Å². The van der Waals surface area contributed by atoms with E-state index in [9.17, 15) is 23.1 Å². The summed E-state index contributed by atoms with van der Waals surface area (Å²) in [7, 11) is 0. The Balaban J connectivity index is 1.84. The van der Waals surface area contributed by atoms with Crippen molar-refractivity contribution in [1.29, 1.82) is 0 Å². The van der Waals surface area contributed by atoms with E-state index in [2.05, 4.69) is 4.98 Å². The van der Waals surface area contributed by atoms with Crippen molar-refractivity contribution in [3.63, 3.8) is 0 Å². The fraction of sp³-hybridized carbons (Fsp3) is 0.250. The lowest BCUT2D eigenvalue weighted by molar-refractivity contribution is 0.162. The first-order valence-corrected chi connectivity index (χ1v) is 8.79. The van der Waals surface area contributed by atoms with E-state index in [0.29, 0.717) is 30.0 Å². The summed E-state index contributed by atoms with van der Waals surface area (Å²) in [6, 6.07) is 5.82. The summed E-state index contributed by atoms with van der Waals surface area (Å²) >= 11 is 5.74. The Bertz CT molecular complexity index is 1050. The molecule has 0 bridgehead atoms. The Kier molecular flexibility index (Phi) is 5.58. The quantitative estimate of drug-likeness (QED) is 0.622. The third-order valence-electron chi connectivity index (χ3n) is 4.68. The molecule has 3 rings (SSSR count). The van der Waals surface area contributed by atoms with Crippen LogP contribution in [0.2, 0.25) is 5.02 Å². The summed E-state index contributed by atoms with van der Waals surface area (Å²) in [6.45, 7) is 1.83. The molecule has 0 aliphatic rings. The number of H-pyrrole nitrogens is 1. The predicted molar refractivity (Wildman–Crippen MR) is 98.5 cm³/mol. The average molecular weight is 396 g/mol. The smallest absolute Gasteiger partial charge is 0.258 e. The van der Waals surface area contributed by atoms with E-state index in [0.717, 1.165) is 6.07 Å². The second kappa shape index (κ2) is 7.74. The molecule has 3 aromatic rings. The Morgan fingerprint density at radius 3 is 2.56 bits per heavy atom. The lowest BCUT2D eigenvalue weighted by Crippen LogP contribution is -2.11. The molecular weight excluding hydrogens is 379 g/mol. The number of aliphatic hydroxyl groups excluding tert-OH is 1. The molecule has 142 valence electrons. The van der Waals surface area contributed by atoms with E-state index in [1.807, 2.05) is 6.92 Å². The molecule has 2 unspecified atom stereocenters. The first kappa shape index (κ1) is 19.5. The van der Waals surface area contributed by atoms with E-state index in [1.165, 1.54) is 24.4 Å². The molecule has 2 N–H and O–H groups in total. The van der Waals surface area contributed by atoms with Gasteiger partial charge in [-0.3, -0.25) is 4.79 Å². The van der Waals surface area contributed by atoms with Crippen molar-refractivity contribution < 1.29 is 18.3 Å². The fourth-order valence-electron chi connectivity index (χ4n) is 3.18. The lowest BCUT2D eigenvalue weighted by atomic mass is 9.91. The number of benzene rings is 2. The highest BCUT2D eigenvalue weighted by molar-refractivity contribution is 6.30. The van der Waals surface area contributed by atoms with Crippen LogP contribution in [0.3, 0.4) is 0 Å². The molecule has 1 aromatic heterocycles. The molecule has 0 radical (unpaired) electrons. The van der Waals surface area contributed by atoms with Crippen molar-refractivity contribution in [3.8, 4) is 0 Å². The Morgan fingerprint density at radius 2 is 1.85 bits per heavy atom. The summed E-state index contributed by atoms with van der Waals surface area (Å²) < 4.78 is 40.9. The number of halogens is 4. The van der Waals surface area contributed by atoms with Gasteiger partial charge in [-0.1, -0.05) is 24.6 Å². The molecule has 2 atom stereocenters. The van der Waals surface area contributed by atoms with Crippen LogP contribution in [0.25, 0.3) is 10.8 Å². The molecule has 0 fully saturated rings. The summed E-state index contributed by atoms with van der Waals surface area (Å²) in [4.78, 5) is 14.4. The number of aromatic nitrogens is 1. The zero-order valence-electron chi connectivity index (χ0n) is 14.4. The maximum Gasteiger partial charge on any atom is 0.258 e. The van der Waals surface area contributed by atoms with Crippen LogP contribution in [0.15, 0.2) is 41.3 Å². The van der Waals surface area contributed by atoms with Gasteiger partial charge in [0.2, 0.25) is 0 Å². The van der Waals surface area contributed by atoms with Gasteiger partial charge in [-0.15, -0.1) is 0 Å². The van der Waals surface area contributed by atoms with Crippen LogP contribution in [0.1, 0.15) is 42.9 Å². The summed E-state index contributed by atoms with van der Waals surface area (Å²) in [5.74, 6) is -2.44. The van der Waals surface area contributed by atoms with Crippen LogP contribution >= 0.6 is 11.6 Å². The first-order valence-electron chi connectivity index (χ1n) is 8.41. The highest BCUT2D eigenvalue weighted by Crippen LogP contribution is 2.31. The molecule has 0 amide bonds. The van der Waals surface area contributed by atoms with Crippen LogP contribution in [-0.2, 0) is 0 Å². The van der Waals surface area contributed by atoms with Crippen LogP contribution in [0, 0.1) is 17.5 Å². The van der Waals surface area contributed by atoms with Crippen molar-refractivity contribution in [1.82, 2.24) is 4.98 Å². The van der Waals surface area contributed by atoms with Gasteiger partial charge in [-0.05, 0) is 53.5 Å². The van der Waals surface area contributed by atoms with Crippen LogP contribution in [-0.4, -0.2) is 10.1 Å². The average Bonchev–Trinajstić information content (AvgIpc) is 2.61. The minimum Gasteiger partial charge on any atom is -0.388 e. The van der Waals surface area contributed by atoms with Gasteiger partial charge in [0.15, 0.2) is 0 Å². The van der Waals surface area contributed by atoms with Crippen molar-refractivity contribution in [2.45, 2.75) is 31.8 Å². The molecular formula is C20H17ClF3NO2. The molecule has 2 aromatic carbocycles. The summed E-state index contributed by atoms with van der Waals surface area (Å²) in [5.41, 5.74) is 0.434. The number of aliphatic hydroxyl groups is 1. The minimum atomic E-state index is -0.915. The molecule has 0 saturated carbocycles. The largest absolute Gasteiger partial charge is 0.388 e. The number of pyridine rings is 1. The van der Waals surface area contributed by atoms with Gasteiger partial charge in [-0.25, -0.2) is 13.2 Å². The maximum atomic E-state index is 14.0. The topological polar surface area (TPSA) is 53.1 Å². The maximum absolute atomic E-state index is 14.0. The monoisotopic (exact) mass is 395 g/mol. The molecule has 0 saturated heterocycles. The van der Waals surface area contributed by atoms with E-state index >= 15 is 0 Å². The zero-order chi connectivity index (χ0) is 19.7. The second-order valence-corrected chi connectivity index (χ2v) is 6.96. The molecule has 0 aliphatic carbocycles. The first-order chi connectivity index (χ1) is 12.8. The Labute approximate surface area is 158 Å². The highest BCUT2D eigenvalue weighted by atomic mass is 35.5. The number of nitrogens with one attached hydrogen (secondary N) is 1.